The Morgan fingerprint density at radius 3 is 2.83 bits per heavy atom. The van der Waals surface area contributed by atoms with Gasteiger partial charge in [-0.1, -0.05) is 11.8 Å². The third-order valence-electron chi connectivity index (χ3n) is 4.07. The summed E-state index contributed by atoms with van der Waals surface area (Å²) in [7, 11) is 0. The van der Waals surface area contributed by atoms with E-state index in [0.717, 1.165) is 42.2 Å². The van der Waals surface area contributed by atoms with Gasteiger partial charge >= 0.3 is 0 Å². The molecule has 2 aromatic heterocycles. The molecule has 1 amide bonds. The highest BCUT2D eigenvalue weighted by Gasteiger charge is 2.32. The van der Waals surface area contributed by atoms with Crippen LogP contribution in [0.4, 0.5) is 0 Å². The summed E-state index contributed by atoms with van der Waals surface area (Å²) in [5, 5.41) is 12.4. The SMILES string of the molecule is C[C@@H](Sc1nnc(-c2cccnc2)n1C1CC1)C(=O)NC1CC1. The molecule has 0 radical (unpaired) electrons. The Morgan fingerprint density at radius 1 is 1.35 bits per heavy atom. The van der Waals surface area contributed by atoms with Gasteiger partial charge < -0.3 is 5.32 Å². The van der Waals surface area contributed by atoms with Gasteiger partial charge in [0.1, 0.15) is 0 Å². The van der Waals surface area contributed by atoms with Crippen molar-refractivity contribution in [3.8, 4) is 11.4 Å². The summed E-state index contributed by atoms with van der Waals surface area (Å²) in [6.45, 7) is 1.93. The van der Waals surface area contributed by atoms with Crippen LogP contribution < -0.4 is 5.32 Å². The minimum atomic E-state index is -0.168. The number of aromatic nitrogens is 4. The molecule has 4 rings (SSSR count). The first-order chi connectivity index (χ1) is 11.2. The molecule has 2 fully saturated rings. The van der Waals surface area contributed by atoms with E-state index in [9.17, 15) is 4.79 Å². The van der Waals surface area contributed by atoms with Crippen molar-refractivity contribution < 1.29 is 4.79 Å². The summed E-state index contributed by atoms with van der Waals surface area (Å²) in [4.78, 5) is 16.3. The molecule has 120 valence electrons. The fourth-order valence-electron chi connectivity index (χ4n) is 2.47. The molecule has 1 N–H and O–H groups in total. The lowest BCUT2D eigenvalue weighted by Crippen LogP contribution is -2.32. The van der Waals surface area contributed by atoms with E-state index >= 15 is 0 Å². The number of hydrogen-bond donors (Lipinski definition) is 1. The van der Waals surface area contributed by atoms with Crippen LogP contribution in [-0.2, 0) is 4.79 Å². The maximum absolute atomic E-state index is 12.2. The molecule has 0 unspecified atom stereocenters. The van der Waals surface area contributed by atoms with E-state index in [0.29, 0.717) is 12.1 Å². The van der Waals surface area contributed by atoms with Gasteiger partial charge in [0.2, 0.25) is 5.91 Å². The number of nitrogens with one attached hydrogen (secondary N) is 1. The first kappa shape index (κ1) is 14.7. The van der Waals surface area contributed by atoms with E-state index < -0.39 is 0 Å². The van der Waals surface area contributed by atoms with Gasteiger partial charge in [0.05, 0.1) is 5.25 Å². The Morgan fingerprint density at radius 2 is 2.17 bits per heavy atom. The molecule has 2 aliphatic carbocycles. The summed E-state index contributed by atoms with van der Waals surface area (Å²) in [5.41, 5.74) is 0.967. The fourth-order valence-corrected chi connectivity index (χ4v) is 3.40. The van der Waals surface area contributed by atoms with Crippen molar-refractivity contribution in [1.82, 2.24) is 25.1 Å². The van der Waals surface area contributed by atoms with Crippen LogP contribution in [0, 0.1) is 0 Å². The zero-order chi connectivity index (χ0) is 15.8. The number of nitrogens with zero attached hydrogens (tertiary/aromatic N) is 4. The normalized spacial score (nSPS) is 18.7. The second-order valence-electron chi connectivity index (χ2n) is 6.19. The molecular weight excluding hydrogens is 310 g/mol. The van der Waals surface area contributed by atoms with E-state index in [1.54, 1.807) is 12.4 Å². The standard InChI is InChI=1S/C16H19N5OS/c1-10(15(22)18-12-4-5-12)23-16-20-19-14(21(16)13-6-7-13)11-3-2-8-17-9-11/h2-3,8-10,12-13H,4-7H2,1H3,(H,18,22)/t10-/m1/s1. The molecule has 2 heterocycles. The maximum atomic E-state index is 12.2. The van der Waals surface area contributed by atoms with Gasteiger partial charge in [-0.3, -0.25) is 14.3 Å². The quantitative estimate of drug-likeness (QED) is 0.824. The molecule has 1 atom stereocenters. The van der Waals surface area contributed by atoms with Gasteiger partial charge in [0, 0.05) is 30.0 Å². The van der Waals surface area contributed by atoms with Gasteiger partial charge in [-0.05, 0) is 44.7 Å². The molecule has 0 aliphatic heterocycles. The molecule has 0 aromatic carbocycles. The Balaban J connectivity index is 1.56. The van der Waals surface area contributed by atoms with Crippen LogP contribution in [0.15, 0.2) is 29.7 Å². The molecular formula is C16H19N5OS. The lowest BCUT2D eigenvalue weighted by molar-refractivity contribution is -0.120. The zero-order valence-electron chi connectivity index (χ0n) is 13.0. The van der Waals surface area contributed by atoms with E-state index in [-0.39, 0.29) is 11.2 Å². The first-order valence-electron chi connectivity index (χ1n) is 8.04. The number of amides is 1. The first-order valence-corrected chi connectivity index (χ1v) is 8.92. The van der Waals surface area contributed by atoms with E-state index in [1.165, 1.54) is 11.8 Å². The molecule has 2 saturated carbocycles. The average Bonchev–Trinajstić information content (AvgIpc) is 3.49. The van der Waals surface area contributed by atoms with Gasteiger partial charge in [-0.2, -0.15) is 0 Å². The molecule has 2 aliphatic rings. The van der Waals surface area contributed by atoms with Crippen LogP contribution in [0.2, 0.25) is 0 Å². The minimum Gasteiger partial charge on any atom is -0.352 e. The molecule has 0 bridgehead atoms. The molecule has 6 nitrogen and oxygen atoms in total. The number of pyridine rings is 1. The van der Waals surface area contributed by atoms with Crippen LogP contribution >= 0.6 is 11.8 Å². The Kier molecular flexibility index (Phi) is 3.80. The Hall–Kier alpha value is -1.89. The van der Waals surface area contributed by atoms with Crippen molar-refractivity contribution in [2.45, 2.75) is 55.1 Å². The van der Waals surface area contributed by atoms with Crippen LogP contribution in [0.5, 0.6) is 0 Å². The largest absolute Gasteiger partial charge is 0.352 e. The fraction of sp³-hybridized carbons (Fsp3) is 0.500. The van der Waals surface area contributed by atoms with Crippen molar-refractivity contribution in [3.05, 3.63) is 24.5 Å². The third-order valence-corrected chi connectivity index (χ3v) is 5.13. The van der Waals surface area contributed by atoms with Crippen molar-refractivity contribution in [2.75, 3.05) is 0 Å². The molecule has 23 heavy (non-hydrogen) atoms. The van der Waals surface area contributed by atoms with Crippen LogP contribution in [0.25, 0.3) is 11.4 Å². The van der Waals surface area contributed by atoms with Gasteiger partial charge in [0.25, 0.3) is 0 Å². The van der Waals surface area contributed by atoms with Gasteiger partial charge in [0.15, 0.2) is 11.0 Å². The predicted molar refractivity (Wildman–Crippen MR) is 88.0 cm³/mol. The second-order valence-corrected chi connectivity index (χ2v) is 7.50. The van der Waals surface area contributed by atoms with Crippen LogP contribution in [-0.4, -0.2) is 36.9 Å². The second kappa shape index (κ2) is 5.96. The summed E-state index contributed by atoms with van der Waals surface area (Å²) in [5.74, 6) is 0.934. The third kappa shape index (κ3) is 3.24. The smallest absolute Gasteiger partial charge is 0.233 e. The number of carbonyl (C=O) groups is 1. The molecule has 0 saturated heterocycles. The maximum Gasteiger partial charge on any atom is 0.233 e. The van der Waals surface area contributed by atoms with E-state index in [2.05, 4.69) is 25.1 Å². The number of thioether (sulfide) groups is 1. The molecule has 2 aromatic rings. The van der Waals surface area contributed by atoms with Crippen molar-refractivity contribution in [1.29, 1.82) is 0 Å². The summed E-state index contributed by atoms with van der Waals surface area (Å²) >= 11 is 1.49. The lowest BCUT2D eigenvalue weighted by Gasteiger charge is -2.13. The number of hydrogen-bond acceptors (Lipinski definition) is 5. The average molecular weight is 329 g/mol. The Labute approximate surface area is 139 Å². The van der Waals surface area contributed by atoms with E-state index in [1.807, 2.05) is 19.1 Å². The van der Waals surface area contributed by atoms with E-state index in [4.69, 9.17) is 0 Å². The minimum absolute atomic E-state index is 0.0887. The monoisotopic (exact) mass is 329 g/mol. The zero-order valence-corrected chi connectivity index (χ0v) is 13.8. The van der Waals surface area contributed by atoms with Crippen molar-refractivity contribution >= 4 is 17.7 Å². The van der Waals surface area contributed by atoms with Crippen molar-refractivity contribution in [3.63, 3.8) is 0 Å². The van der Waals surface area contributed by atoms with Crippen LogP contribution in [0.3, 0.4) is 0 Å². The highest BCUT2D eigenvalue weighted by atomic mass is 32.2. The predicted octanol–water partition coefficient (Wildman–Crippen LogP) is 2.43. The summed E-state index contributed by atoms with van der Waals surface area (Å²) < 4.78 is 2.17. The molecule has 0 spiro atoms. The summed E-state index contributed by atoms with van der Waals surface area (Å²) in [6.07, 6.45) is 8.05. The van der Waals surface area contributed by atoms with Crippen molar-refractivity contribution in [2.24, 2.45) is 0 Å². The summed E-state index contributed by atoms with van der Waals surface area (Å²) in [6, 6.07) is 4.73. The number of carbonyl (C=O) groups excluding carboxylic acids is 1. The molecule has 7 heteroatoms. The van der Waals surface area contributed by atoms with Gasteiger partial charge in [-0.15, -0.1) is 10.2 Å². The highest BCUT2D eigenvalue weighted by Crippen LogP contribution is 2.41. The highest BCUT2D eigenvalue weighted by molar-refractivity contribution is 8.00. The Bertz CT molecular complexity index is 709. The van der Waals surface area contributed by atoms with Gasteiger partial charge in [-0.25, -0.2) is 0 Å². The lowest BCUT2D eigenvalue weighted by atomic mass is 10.3. The number of rotatable bonds is 6. The van der Waals surface area contributed by atoms with Crippen LogP contribution in [0.1, 0.15) is 38.6 Å². The topological polar surface area (TPSA) is 72.7 Å².